The molecule has 1 N–H and O–H groups in total. The number of urea groups is 1. The van der Waals surface area contributed by atoms with Gasteiger partial charge in [-0.15, -0.1) is 0 Å². The van der Waals surface area contributed by atoms with Crippen molar-refractivity contribution in [2.45, 2.75) is 25.4 Å². The molecule has 0 saturated heterocycles. The van der Waals surface area contributed by atoms with Crippen molar-refractivity contribution in [3.05, 3.63) is 60.7 Å². The number of rotatable bonds is 5. The predicted octanol–water partition coefficient (Wildman–Crippen LogP) is 3.07. The van der Waals surface area contributed by atoms with Crippen molar-refractivity contribution in [2.24, 2.45) is 7.05 Å². The van der Waals surface area contributed by atoms with E-state index in [1.807, 2.05) is 48.3 Å². The molecule has 7 nitrogen and oxygen atoms in total. The second-order valence-electron chi connectivity index (χ2n) is 6.46. The van der Waals surface area contributed by atoms with E-state index >= 15 is 0 Å². The fourth-order valence-electron chi connectivity index (χ4n) is 2.81. The van der Waals surface area contributed by atoms with Gasteiger partial charge in [0.2, 0.25) is 0 Å². The summed E-state index contributed by atoms with van der Waals surface area (Å²) in [6, 6.07) is 11.7. The summed E-state index contributed by atoms with van der Waals surface area (Å²) in [7, 11) is 1.83. The zero-order valence-electron chi connectivity index (χ0n) is 14.5. The third-order valence-electron chi connectivity index (χ3n) is 4.34. The molecule has 2 aromatic heterocycles. The molecule has 0 aliphatic heterocycles. The molecule has 3 aromatic rings. The molecule has 0 bridgehead atoms. The first-order chi connectivity index (χ1) is 12.7. The molecule has 2 amide bonds. The van der Waals surface area contributed by atoms with E-state index in [1.165, 1.54) is 0 Å². The summed E-state index contributed by atoms with van der Waals surface area (Å²) in [4.78, 5) is 22.9. The third-order valence-corrected chi connectivity index (χ3v) is 4.34. The van der Waals surface area contributed by atoms with E-state index in [0.29, 0.717) is 18.4 Å². The largest absolute Gasteiger partial charge is 0.322 e. The molecule has 0 spiro atoms. The number of pyridine rings is 1. The van der Waals surface area contributed by atoms with Crippen LogP contribution in [0.2, 0.25) is 0 Å². The summed E-state index contributed by atoms with van der Waals surface area (Å²) in [6.45, 7) is 0.592. The molecule has 1 aromatic carbocycles. The van der Waals surface area contributed by atoms with Crippen molar-refractivity contribution in [2.75, 3.05) is 5.32 Å². The SMILES string of the molecule is Cn1cnc(-c2ccc(NC(=O)N(Cc3ccncc3)C3CC3)cc2)n1. The van der Waals surface area contributed by atoms with E-state index in [2.05, 4.69) is 20.4 Å². The summed E-state index contributed by atoms with van der Waals surface area (Å²) in [6.07, 6.45) is 7.29. The highest BCUT2D eigenvalue weighted by atomic mass is 16.2. The molecule has 7 heteroatoms. The van der Waals surface area contributed by atoms with E-state index in [0.717, 1.165) is 29.7 Å². The predicted molar refractivity (Wildman–Crippen MR) is 98.3 cm³/mol. The van der Waals surface area contributed by atoms with Crippen LogP contribution in [0.5, 0.6) is 0 Å². The van der Waals surface area contributed by atoms with Crippen molar-refractivity contribution in [3.8, 4) is 11.4 Å². The van der Waals surface area contributed by atoms with Crippen molar-refractivity contribution in [1.82, 2.24) is 24.6 Å². The molecule has 0 radical (unpaired) electrons. The average Bonchev–Trinajstić information content (AvgIpc) is 3.41. The van der Waals surface area contributed by atoms with E-state index in [1.54, 1.807) is 23.4 Å². The fraction of sp³-hybridized carbons (Fsp3) is 0.263. The number of hydrogen-bond acceptors (Lipinski definition) is 4. The van der Waals surface area contributed by atoms with Crippen LogP contribution in [-0.2, 0) is 13.6 Å². The molecular formula is C19H20N6O. The van der Waals surface area contributed by atoms with Crippen LogP contribution in [0, 0.1) is 0 Å². The summed E-state index contributed by atoms with van der Waals surface area (Å²) in [5.74, 6) is 0.669. The number of amides is 2. The summed E-state index contributed by atoms with van der Waals surface area (Å²) in [5.41, 5.74) is 2.76. The first kappa shape index (κ1) is 16.3. The van der Waals surface area contributed by atoms with Gasteiger partial charge in [-0.05, 0) is 54.8 Å². The Morgan fingerprint density at radius 3 is 2.54 bits per heavy atom. The number of nitrogens with zero attached hydrogens (tertiary/aromatic N) is 5. The second-order valence-corrected chi connectivity index (χ2v) is 6.46. The molecule has 2 heterocycles. The van der Waals surface area contributed by atoms with E-state index in [9.17, 15) is 4.79 Å². The maximum atomic E-state index is 12.7. The minimum Gasteiger partial charge on any atom is -0.317 e. The maximum absolute atomic E-state index is 12.7. The Kier molecular flexibility index (Phi) is 4.35. The number of nitrogens with one attached hydrogen (secondary N) is 1. The molecule has 0 unspecified atom stereocenters. The number of aryl methyl sites for hydroxylation is 1. The first-order valence-electron chi connectivity index (χ1n) is 8.61. The highest BCUT2D eigenvalue weighted by Gasteiger charge is 2.32. The van der Waals surface area contributed by atoms with Crippen LogP contribution < -0.4 is 5.32 Å². The molecule has 132 valence electrons. The number of benzene rings is 1. The van der Waals surface area contributed by atoms with Gasteiger partial charge in [0.05, 0.1) is 0 Å². The number of anilines is 1. The van der Waals surface area contributed by atoms with Gasteiger partial charge in [0.15, 0.2) is 5.82 Å². The zero-order chi connectivity index (χ0) is 17.9. The molecule has 1 aliphatic carbocycles. The Bertz CT molecular complexity index is 886. The van der Waals surface area contributed by atoms with Crippen LogP contribution in [-0.4, -0.2) is 36.7 Å². The van der Waals surface area contributed by atoms with Gasteiger partial charge in [-0.3, -0.25) is 9.67 Å². The Balaban J connectivity index is 1.44. The van der Waals surface area contributed by atoms with Gasteiger partial charge in [0.25, 0.3) is 0 Å². The quantitative estimate of drug-likeness (QED) is 0.769. The number of carbonyl (C=O) groups is 1. The zero-order valence-corrected chi connectivity index (χ0v) is 14.5. The third kappa shape index (κ3) is 3.72. The van der Waals surface area contributed by atoms with Crippen LogP contribution in [0.1, 0.15) is 18.4 Å². The monoisotopic (exact) mass is 348 g/mol. The lowest BCUT2D eigenvalue weighted by molar-refractivity contribution is 0.206. The average molecular weight is 348 g/mol. The molecule has 1 saturated carbocycles. The van der Waals surface area contributed by atoms with Gasteiger partial charge in [-0.2, -0.15) is 5.10 Å². The van der Waals surface area contributed by atoms with Gasteiger partial charge >= 0.3 is 6.03 Å². The molecule has 1 aliphatic rings. The van der Waals surface area contributed by atoms with Gasteiger partial charge < -0.3 is 10.2 Å². The molecule has 0 atom stereocenters. The van der Waals surface area contributed by atoms with Crippen molar-refractivity contribution >= 4 is 11.7 Å². The van der Waals surface area contributed by atoms with Crippen LogP contribution in [0.4, 0.5) is 10.5 Å². The van der Waals surface area contributed by atoms with Gasteiger partial charge in [-0.25, -0.2) is 9.78 Å². The Hall–Kier alpha value is -3.22. The van der Waals surface area contributed by atoms with Crippen molar-refractivity contribution < 1.29 is 4.79 Å². The minimum atomic E-state index is -0.0759. The lowest BCUT2D eigenvalue weighted by Crippen LogP contribution is -2.36. The normalized spacial score (nSPS) is 13.4. The second kappa shape index (κ2) is 6.95. The highest BCUT2D eigenvalue weighted by molar-refractivity contribution is 5.90. The van der Waals surface area contributed by atoms with Crippen LogP contribution >= 0.6 is 0 Å². The summed E-state index contributed by atoms with van der Waals surface area (Å²) in [5, 5.41) is 7.28. The lowest BCUT2D eigenvalue weighted by Gasteiger charge is -2.23. The topological polar surface area (TPSA) is 75.9 Å². The number of aromatic nitrogens is 4. The number of carbonyl (C=O) groups excluding carboxylic acids is 1. The maximum Gasteiger partial charge on any atom is 0.322 e. The summed E-state index contributed by atoms with van der Waals surface area (Å²) >= 11 is 0. The van der Waals surface area contributed by atoms with Crippen LogP contribution in [0.25, 0.3) is 11.4 Å². The van der Waals surface area contributed by atoms with E-state index < -0.39 is 0 Å². The minimum absolute atomic E-state index is 0.0759. The van der Waals surface area contributed by atoms with Gasteiger partial charge in [-0.1, -0.05) is 0 Å². The van der Waals surface area contributed by atoms with Crippen LogP contribution in [0.15, 0.2) is 55.1 Å². The van der Waals surface area contributed by atoms with E-state index in [-0.39, 0.29) is 6.03 Å². The van der Waals surface area contributed by atoms with Gasteiger partial charge in [0.1, 0.15) is 6.33 Å². The molecule has 26 heavy (non-hydrogen) atoms. The highest BCUT2D eigenvalue weighted by Crippen LogP contribution is 2.29. The smallest absolute Gasteiger partial charge is 0.317 e. The Morgan fingerprint density at radius 2 is 1.92 bits per heavy atom. The van der Waals surface area contributed by atoms with Gasteiger partial charge in [0, 0.05) is 43.3 Å². The van der Waals surface area contributed by atoms with Crippen molar-refractivity contribution in [1.29, 1.82) is 0 Å². The van der Waals surface area contributed by atoms with Crippen molar-refractivity contribution in [3.63, 3.8) is 0 Å². The Labute approximate surface area is 151 Å². The first-order valence-corrected chi connectivity index (χ1v) is 8.61. The Morgan fingerprint density at radius 1 is 1.19 bits per heavy atom. The van der Waals surface area contributed by atoms with Crippen LogP contribution in [0.3, 0.4) is 0 Å². The fourth-order valence-corrected chi connectivity index (χ4v) is 2.81. The lowest BCUT2D eigenvalue weighted by atomic mass is 10.2. The standard InChI is InChI=1S/C19H20N6O/c1-24-13-21-18(23-24)15-2-4-16(5-3-15)22-19(26)25(17-6-7-17)12-14-8-10-20-11-9-14/h2-5,8-11,13,17H,6-7,12H2,1H3,(H,22,26). The molecule has 1 fully saturated rings. The summed E-state index contributed by atoms with van der Waals surface area (Å²) < 4.78 is 1.66. The molecule has 4 rings (SSSR count). The van der Waals surface area contributed by atoms with E-state index in [4.69, 9.17) is 0 Å². The molecular weight excluding hydrogens is 328 g/mol. The number of hydrogen-bond donors (Lipinski definition) is 1.